The van der Waals surface area contributed by atoms with Gasteiger partial charge in [0.2, 0.25) is 11.8 Å². The summed E-state index contributed by atoms with van der Waals surface area (Å²) in [6, 6.07) is 16.7. The molecule has 1 N–H and O–H groups in total. The molecule has 6 nitrogen and oxygen atoms in total. The van der Waals surface area contributed by atoms with Crippen molar-refractivity contribution in [3.05, 3.63) is 65.5 Å². The number of benzene rings is 2. The quantitative estimate of drug-likeness (QED) is 0.584. The Morgan fingerprint density at radius 3 is 2.65 bits per heavy atom. The second-order valence-electron chi connectivity index (χ2n) is 5.86. The zero-order valence-electron chi connectivity index (χ0n) is 13.9. The van der Waals surface area contributed by atoms with Gasteiger partial charge in [-0.2, -0.15) is 0 Å². The Bertz CT molecular complexity index is 1080. The van der Waals surface area contributed by atoms with Gasteiger partial charge in [-0.1, -0.05) is 29.8 Å². The molecular weight excluding hydrogens is 352 g/mol. The first kappa shape index (κ1) is 16.4. The van der Waals surface area contributed by atoms with Crippen LogP contribution in [-0.2, 0) is 11.3 Å². The van der Waals surface area contributed by atoms with E-state index in [2.05, 4.69) is 15.5 Å². The monoisotopic (exact) mass is 366 g/mol. The Labute approximate surface area is 154 Å². The maximum Gasteiger partial charge on any atom is 0.264 e. The lowest BCUT2D eigenvalue weighted by atomic mass is 10.2. The van der Waals surface area contributed by atoms with Gasteiger partial charge in [0.1, 0.15) is 12.2 Å². The first-order chi connectivity index (χ1) is 12.6. The summed E-state index contributed by atoms with van der Waals surface area (Å²) in [6.45, 7) is 1.85. The van der Waals surface area contributed by atoms with Gasteiger partial charge in [0, 0.05) is 28.5 Å². The molecule has 0 unspecified atom stereocenters. The molecule has 0 saturated carbocycles. The SMILES string of the molecule is Cc1nnc(-c2cc3ccccc3n2CC(=O)Nc2ccc(Cl)cc2)o1. The Hall–Kier alpha value is -3.12. The second kappa shape index (κ2) is 6.65. The molecule has 0 bridgehead atoms. The lowest BCUT2D eigenvalue weighted by Gasteiger charge is -2.10. The van der Waals surface area contributed by atoms with E-state index in [1.807, 2.05) is 34.9 Å². The van der Waals surface area contributed by atoms with Crippen LogP contribution in [0.4, 0.5) is 5.69 Å². The van der Waals surface area contributed by atoms with Crippen LogP contribution < -0.4 is 5.32 Å². The summed E-state index contributed by atoms with van der Waals surface area (Å²) in [5.74, 6) is 0.701. The zero-order valence-corrected chi connectivity index (χ0v) is 14.7. The summed E-state index contributed by atoms with van der Waals surface area (Å²) in [5.41, 5.74) is 2.31. The van der Waals surface area contributed by atoms with Gasteiger partial charge >= 0.3 is 0 Å². The molecule has 0 spiro atoms. The number of halogens is 1. The summed E-state index contributed by atoms with van der Waals surface area (Å²) < 4.78 is 7.43. The lowest BCUT2D eigenvalue weighted by molar-refractivity contribution is -0.116. The van der Waals surface area contributed by atoms with E-state index in [0.29, 0.717) is 28.2 Å². The second-order valence-corrected chi connectivity index (χ2v) is 6.29. The van der Waals surface area contributed by atoms with Crippen LogP contribution in [0.25, 0.3) is 22.5 Å². The summed E-state index contributed by atoms with van der Waals surface area (Å²) >= 11 is 5.88. The molecule has 1 amide bonds. The fourth-order valence-electron chi connectivity index (χ4n) is 2.84. The maximum atomic E-state index is 12.6. The van der Waals surface area contributed by atoms with Crippen LogP contribution in [0.15, 0.2) is 59.0 Å². The molecule has 0 atom stereocenters. The standard InChI is InChI=1S/C19H15ClN4O2/c1-12-22-23-19(26-12)17-10-13-4-2-3-5-16(13)24(17)11-18(25)21-15-8-6-14(20)7-9-15/h2-10H,11H2,1H3,(H,21,25). The maximum absolute atomic E-state index is 12.6. The number of aromatic nitrogens is 3. The van der Waals surface area contributed by atoms with Gasteiger partial charge in [0.05, 0.1) is 0 Å². The highest BCUT2D eigenvalue weighted by Gasteiger charge is 2.17. The molecule has 0 aliphatic rings. The number of hydrogen-bond donors (Lipinski definition) is 1. The molecular formula is C19H15ClN4O2. The summed E-state index contributed by atoms with van der Waals surface area (Å²) in [4.78, 5) is 12.6. The average molecular weight is 367 g/mol. The number of amides is 1. The first-order valence-electron chi connectivity index (χ1n) is 8.04. The van der Waals surface area contributed by atoms with E-state index in [1.54, 1.807) is 31.2 Å². The van der Waals surface area contributed by atoms with E-state index in [4.69, 9.17) is 16.0 Å². The molecule has 2 aromatic heterocycles. The number of hydrogen-bond acceptors (Lipinski definition) is 4. The predicted molar refractivity (Wildman–Crippen MR) is 100 cm³/mol. The minimum absolute atomic E-state index is 0.118. The van der Waals surface area contributed by atoms with Crippen molar-refractivity contribution in [3.63, 3.8) is 0 Å². The van der Waals surface area contributed by atoms with Gasteiger partial charge in [0.25, 0.3) is 5.89 Å². The number of rotatable bonds is 4. The Kier molecular flexibility index (Phi) is 4.18. The molecule has 7 heteroatoms. The van der Waals surface area contributed by atoms with Gasteiger partial charge in [-0.15, -0.1) is 10.2 Å². The fourth-order valence-corrected chi connectivity index (χ4v) is 2.96. The summed E-state index contributed by atoms with van der Waals surface area (Å²) in [6.07, 6.45) is 0. The van der Waals surface area contributed by atoms with Gasteiger partial charge in [-0.05, 0) is 36.4 Å². The molecule has 4 rings (SSSR count). The lowest BCUT2D eigenvalue weighted by Crippen LogP contribution is -2.19. The number of fused-ring (bicyclic) bond motifs is 1. The highest BCUT2D eigenvalue weighted by atomic mass is 35.5. The number of nitrogens with zero attached hydrogens (tertiary/aromatic N) is 3. The van der Waals surface area contributed by atoms with Crippen molar-refractivity contribution in [2.24, 2.45) is 0 Å². The van der Waals surface area contributed by atoms with Crippen molar-refractivity contribution >= 4 is 34.1 Å². The number of para-hydroxylation sites is 1. The van der Waals surface area contributed by atoms with Crippen molar-refractivity contribution in [2.45, 2.75) is 13.5 Å². The molecule has 4 aromatic rings. The van der Waals surface area contributed by atoms with Crippen LogP contribution in [0.2, 0.25) is 5.02 Å². The molecule has 2 heterocycles. The van der Waals surface area contributed by atoms with Crippen LogP contribution in [0.1, 0.15) is 5.89 Å². The molecule has 0 fully saturated rings. The van der Waals surface area contributed by atoms with Crippen molar-refractivity contribution < 1.29 is 9.21 Å². The van der Waals surface area contributed by atoms with E-state index in [1.165, 1.54) is 0 Å². The van der Waals surface area contributed by atoms with Crippen LogP contribution in [0.3, 0.4) is 0 Å². The normalized spacial score (nSPS) is 11.0. The average Bonchev–Trinajstić information content (AvgIpc) is 3.21. The van der Waals surface area contributed by atoms with Gasteiger partial charge in [-0.3, -0.25) is 4.79 Å². The molecule has 130 valence electrons. The molecule has 0 aliphatic heterocycles. The molecule has 0 radical (unpaired) electrons. The predicted octanol–water partition coefficient (Wildman–Crippen LogP) is 4.29. The van der Waals surface area contributed by atoms with E-state index in [9.17, 15) is 4.79 Å². The fraction of sp³-hybridized carbons (Fsp3) is 0.105. The van der Waals surface area contributed by atoms with Crippen LogP contribution in [-0.4, -0.2) is 20.7 Å². The van der Waals surface area contributed by atoms with Crippen molar-refractivity contribution in [1.29, 1.82) is 0 Å². The molecule has 26 heavy (non-hydrogen) atoms. The summed E-state index contributed by atoms with van der Waals surface area (Å²) in [5, 5.41) is 12.5. The highest BCUT2D eigenvalue weighted by molar-refractivity contribution is 6.30. The number of carbonyl (C=O) groups is 1. The van der Waals surface area contributed by atoms with Crippen molar-refractivity contribution in [3.8, 4) is 11.6 Å². The van der Waals surface area contributed by atoms with Crippen LogP contribution in [0, 0.1) is 6.92 Å². The van der Waals surface area contributed by atoms with Crippen LogP contribution in [0.5, 0.6) is 0 Å². The van der Waals surface area contributed by atoms with Gasteiger partial charge in [0.15, 0.2) is 0 Å². The number of carbonyl (C=O) groups excluding carboxylic acids is 1. The third-order valence-electron chi connectivity index (χ3n) is 3.99. The van der Waals surface area contributed by atoms with Gasteiger partial charge in [-0.25, -0.2) is 0 Å². The van der Waals surface area contributed by atoms with Crippen molar-refractivity contribution in [2.75, 3.05) is 5.32 Å². The minimum Gasteiger partial charge on any atom is -0.420 e. The zero-order chi connectivity index (χ0) is 18.1. The highest BCUT2D eigenvalue weighted by Crippen LogP contribution is 2.27. The largest absolute Gasteiger partial charge is 0.420 e. The Morgan fingerprint density at radius 2 is 1.92 bits per heavy atom. The number of aryl methyl sites for hydroxylation is 1. The molecule has 0 aliphatic carbocycles. The third-order valence-corrected chi connectivity index (χ3v) is 4.24. The topological polar surface area (TPSA) is 73.0 Å². The Balaban J connectivity index is 1.68. The third kappa shape index (κ3) is 3.19. The van der Waals surface area contributed by atoms with Crippen LogP contribution >= 0.6 is 11.6 Å². The summed E-state index contributed by atoms with van der Waals surface area (Å²) in [7, 11) is 0. The number of nitrogens with one attached hydrogen (secondary N) is 1. The molecule has 2 aromatic carbocycles. The Morgan fingerprint density at radius 1 is 1.15 bits per heavy atom. The van der Waals surface area contributed by atoms with Crippen molar-refractivity contribution in [1.82, 2.24) is 14.8 Å². The van der Waals surface area contributed by atoms with E-state index >= 15 is 0 Å². The molecule has 0 saturated heterocycles. The minimum atomic E-state index is -0.161. The number of anilines is 1. The smallest absolute Gasteiger partial charge is 0.264 e. The van der Waals surface area contributed by atoms with E-state index < -0.39 is 0 Å². The first-order valence-corrected chi connectivity index (χ1v) is 8.42. The van der Waals surface area contributed by atoms with Gasteiger partial charge < -0.3 is 14.3 Å². The van der Waals surface area contributed by atoms with E-state index in [0.717, 1.165) is 10.9 Å². The van der Waals surface area contributed by atoms with E-state index in [-0.39, 0.29) is 12.5 Å².